The van der Waals surface area contributed by atoms with Crippen LogP contribution >= 0.6 is 11.6 Å². The molecule has 1 N–H and O–H groups in total. The molecule has 1 aliphatic rings. The minimum absolute atomic E-state index is 0.115. The molecule has 1 aromatic rings. The largest absolute Gasteiger partial charge is 0.453 e. The van der Waals surface area contributed by atoms with Crippen LogP contribution in [0, 0.1) is 11.3 Å². The van der Waals surface area contributed by atoms with Gasteiger partial charge in [0.05, 0.1) is 18.2 Å². The van der Waals surface area contributed by atoms with Crippen LogP contribution in [-0.4, -0.2) is 42.2 Å². The number of nitrogens with zero attached hydrogens (tertiary/aromatic N) is 3. The number of nitrogens with one attached hydrogen (secondary N) is 1. The van der Waals surface area contributed by atoms with E-state index < -0.39 is 0 Å². The SMILES string of the molecule is COC(=O)N1CC(Nc2ccc(Cl)c(C#N)n2)C1. The molecule has 1 aliphatic heterocycles. The molecule has 0 atom stereocenters. The number of carbonyl (C=O) groups is 1. The zero-order valence-electron chi connectivity index (χ0n) is 9.68. The maximum absolute atomic E-state index is 11.1. The maximum Gasteiger partial charge on any atom is 0.409 e. The minimum Gasteiger partial charge on any atom is -0.453 e. The summed E-state index contributed by atoms with van der Waals surface area (Å²) in [6.07, 6.45) is -0.338. The lowest BCUT2D eigenvalue weighted by Crippen LogP contribution is -2.57. The topological polar surface area (TPSA) is 78.2 Å². The van der Waals surface area contributed by atoms with Crippen molar-refractivity contribution in [3.8, 4) is 6.07 Å². The average Bonchev–Trinajstić information content (AvgIpc) is 2.34. The molecule has 7 heteroatoms. The fourth-order valence-corrected chi connectivity index (χ4v) is 1.81. The van der Waals surface area contributed by atoms with Gasteiger partial charge in [-0.2, -0.15) is 5.26 Å². The highest BCUT2D eigenvalue weighted by Gasteiger charge is 2.31. The van der Waals surface area contributed by atoms with E-state index in [9.17, 15) is 4.79 Å². The summed E-state index contributed by atoms with van der Waals surface area (Å²) < 4.78 is 4.59. The third-order valence-electron chi connectivity index (χ3n) is 2.62. The standard InChI is InChI=1S/C11H11ClN4O2/c1-18-11(17)16-5-7(6-16)14-10-3-2-8(12)9(4-13)15-10/h2-3,7H,5-6H2,1H3,(H,14,15). The number of hydrogen-bond acceptors (Lipinski definition) is 5. The fraction of sp³-hybridized carbons (Fsp3) is 0.364. The molecule has 6 nitrogen and oxygen atoms in total. The predicted octanol–water partition coefficient (Wildman–Crippen LogP) is 1.47. The van der Waals surface area contributed by atoms with Crippen LogP contribution in [-0.2, 0) is 4.74 Å². The summed E-state index contributed by atoms with van der Waals surface area (Å²) in [4.78, 5) is 16.8. The molecule has 94 valence electrons. The lowest BCUT2D eigenvalue weighted by atomic mass is 10.1. The number of nitriles is 1. The van der Waals surface area contributed by atoms with Gasteiger partial charge in [0.1, 0.15) is 11.9 Å². The lowest BCUT2D eigenvalue weighted by molar-refractivity contribution is 0.0929. The van der Waals surface area contributed by atoms with Crippen LogP contribution in [0.3, 0.4) is 0 Å². The van der Waals surface area contributed by atoms with E-state index in [4.69, 9.17) is 16.9 Å². The molecule has 0 aliphatic carbocycles. The molecule has 1 fully saturated rings. The van der Waals surface area contributed by atoms with Crippen molar-refractivity contribution in [2.45, 2.75) is 6.04 Å². The van der Waals surface area contributed by atoms with Crippen molar-refractivity contribution in [1.82, 2.24) is 9.88 Å². The van der Waals surface area contributed by atoms with Crippen molar-refractivity contribution < 1.29 is 9.53 Å². The first-order chi connectivity index (χ1) is 8.63. The number of halogens is 1. The predicted molar refractivity (Wildman–Crippen MR) is 65.4 cm³/mol. The van der Waals surface area contributed by atoms with Gasteiger partial charge in [-0.25, -0.2) is 9.78 Å². The number of anilines is 1. The van der Waals surface area contributed by atoms with E-state index in [1.165, 1.54) is 7.11 Å². The number of amides is 1. The monoisotopic (exact) mass is 266 g/mol. The van der Waals surface area contributed by atoms with Crippen molar-refractivity contribution in [1.29, 1.82) is 5.26 Å². The highest BCUT2D eigenvalue weighted by Crippen LogP contribution is 2.18. The number of rotatable bonds is 2. The van der Waals surface area contributed by atoms with Gasteiger partial charge in [-0.05, 0) is 12.1 Å². The smallest absolute Gasteiger partial charge is 0.409 e. The number of pyridine rings is 1. The van der Waals surface area contributed by atoms with E-state index >= 15 is 0 Å². The van der Waals surface area contributed by atoms with E-state index in [-0.39, 0.29) is 17.8 Å². The molecule has 0 radical (unpaired) electrons. The molecule has 0 aromatic carbocycles. The number of hydrogen-bond donors (Lipinski definition) is 1. The summed E-state index contributed by atoms with van der Waals surface area (Å²) in [5, 5.41) is 12.2. The molecule has 0 unspecified atom stereocenters. The Morgan fingerprint density at radius 3 is 3.00 bits per heavy atom. The van der Waals surface area contributed by atoms with Crippen LogP contribution in [0.4, 0.5) is 10.6 Å². The van der Waals surface area contributed by atoms with Gasteiger partial charge in [-0.15, -0.1) is 0 Å². The van der Waals surface area contributed by atoms with E-state index in [2.05, 4.69) is 15.0 Å². The third kappa shape index (κ3) is 2.46. The Bertz CT molecular complexity index is 508. The molecular formula is C11H11ClN4O2. The first-order valence-corrected chi connectivity index (χ1v) is 5.68. The maximum atomic E-state index is 11.1. The van der Waals surface area contributed by atoms with Crippen molar-refractivity contribution in [3.05, 3.63) is 22.8 Å². The summed E-state index contributed by atoms with van der Waals surface area (Å²) in [7, 11) is 1.35. The van der Waals surface area contributed by atoms with E-state index in [0.29, 0.717) is 23.9 Å². The summed E-state index contributed by atoms with van der Waals surface area (Å²) in [6.45, 7) is 1.11. The number of likely N-dealkylation sites (tertiary alicyclic amines) is 1. The molecule has 0 saturated carbocycles. The van der Waals surface area contributed by atoms with Crippen LogP contribution in [0.1, 0.15) is 5.69 Å². The second kappa shape index (κ2) is 5.10. The molecule has 1 saturated heterocycles. The molecule has 0 spiro atoms. The zero-order chi connectivity index (χ0) is 13.1. The lowest BCUT2D eigenvalue weighted by Gasteiger charge is -2.38. The molecule has 2 heterocycles. The van der Waals surface area contributed by atoms with Gasteiger partial charge in [0.2, 0.25) is 0 Å². The van der Waals surface area contributed by atoms with Crippen LogP contribution < -0.4 is 5.32 Å². The van der Waals surface area contributed by atoms with Crippen molar-refractivity contribution in [3.63, 3.8) is 0 Å². The molecule has 0 bridgehead atoms. The van der Waals surface area contributed by atoms with E-state index in [1.807, 2.05) is 6.07 Å². The van der Waals surface area contributed by atoms with E-state index in [1.54, 1.807) is 17.0 Å². The van der Waals surface area contributed by atoms with Crippen molar-refractivity contribution in [2.24, 2.45) is 0 Å². The summed E-state index contributed by atoms with van der Waals surface area (Å²) in [6, 6.07) is 5.34. The highest BCUT2D eigenvalue weighted by atomic mass is 35.5. The first-order valence-electron chi connectivity index (χ1n) is 5.30. The quantitative estimate of drug-likeness (QED) is 0.877. The summed E-state index contributed by atoms with van der Waals surface area (Å²) in [5.74, 6) is 0.575. The Balaban J connectivity index is 1.93. The number of carbonyl (C=O) groups excluding carboxylic acids is 1. The molecule has 1 amide bonds. The van der Waals surface area contributed by atoms with Gasteiger partial charge in [0.15, 0.2) is 5.69 Å². The van der Waals surface area contributed by atoms with Gasteiger partial charge in [0.25, 0.3) is 0 Å². The number of methoxy groups -OCH3 is 1. The van der Waals surface area contributed by atoms with Gasteiger partial charge in [-0.1, -0.05) is 11.6 Å². The summed E-state index contributed by atoms with van der Waals surface area (Å²) >= 11 is 5.78. The number of aromatic nitrogens is 1. The fourth-order valence-electron chi connectivity index (χ4n) is 1.66. The molecule has 1 aromatic heterocycles. The van der Waals surface area contributed by atoms with Crippen LogP contribution in [0.2, 0.25) is 5.02 Å². The molecule has 18 heavy (non-hydrogen) atoms. The van der Waals surface area contributed by atoms with E-state index in [0.717, 1.165) is 0 Å². The van der Waals surface area contributed by atoms with Crippen molar-refractivity contribution >= 4 is 23.5 Å². The van der Waals surface area contributed by atoms with Crippen molar-refractivity contribution in [2.75, 3.05) is 25.5 Å². The third-order valence-corrected chi connectivity index (χ3v) is 2.92. The second-order valence-electron chi connectivity index (χ2n) is 3.86. The second-order valence-corrected chi connectivity index (χ2v) is 4.26. The Morgan fingerprint density at radius 1 is 1.67 bits per heavy atom. The van der Waals surface area contributed by atoms with Gasteiger partial charge in [0, 0.05) is 13.1 Å². The first kappa shape index (κ1) is 12.5. The Labute approximate surface area is 109 Å². The zero-order valence-corrected chi connectivity index (χ0v) is 10.4. The Hall–Kier alpha value is -2.00. The van der Waals surface area contributed by atoms with Crippen LogP contribution in [0.15, 0.2) is 12.1 Å². The normalized spacial score (nSPS) is 14.6. The summed E-state index contributed by atoms with van der Waals surface area (Å²) in [5.41, 5.74) is 0.186. The Kier molecular flexibility index (Phi) is 3.53. The highest BCUT2D eigenvalue weighted by molar-refractivity contribution is 6.31. The Morgan fingerprint density at radius 2 is 2.39 bits per heavy atom. The number of ether oxygens (including phenoxy) is 1. The average molecular weight is 267 g/mol. The van der Waals surface area contributed by atoms with Crippen LogP contribution in [0.25, 0.3) is 0 Å². The van der Waals surface area contributed by atoms with Crippen LogP contribution in [0.5, 0.6) is 0 Å². The molecule has 2 rings (SSSR count). The minimum atomic E-state index is -0.338. The van der Waals surface area contributed by atoms with Gasteiger partial charge >= 0.3 is 6.09 Å². The van der Waals surface area contributed by atoms with Gasteiger partial charge in [-0.3, -0.25) is 0 Å². The molecular weight excluding hydrogens is 256 g/mol. The van der Waals surface area contributed by atoms with Gasteiger partial charge < -0.3 is 15.0 Å².